The highest BCUT2D eigenvalue weighted by molar-refractivity contribution is 7.91. The minimum atomic E-state index is -2.94. The van der Waals surface area contributed by atoms with Crippen LogP contribution in [0.1, 0.15) is 12.0 Å². The van der Waals surface area contributed by atoms with Crippen molar-refractivity contribution in [3.8, 4) is 0 Å². The molecule has 1 aromatic carbocycles. The zero-order valence-electron chi connectivity index (χ0n) is 11.5. The summed E-state index contributed by atoms with van der Waals surface area (Å²) in [6.45, 7) is 0. The van der Waals surface area contributed by atoms with Crippen LogP contribution in [0.2, 0.25) is 5.02 Å². The van der Waals surface area contributed by atoms with Crippen LogP contribution in [-0.2, 0) is 14.6 Å². The molecule has 2 rings (SSSR count). The smallest absolute Gasteiger partial charge is 0.328 e. The average molecular weight is 330 g/mol. The fraction of sp³-hybridized carbons (Fsp3) is 0.357. The number of anilines is 1. The summed E-state index contributed by atoms with van der Waals surface area (Å²) in [5.74, 6) is -0.667. The minimum Gasteiger partial charge on any atom is -0.478 e. The number of sulfone groups is 1. The number of hydrogen-bond donors (Lipinski definition) is 1. The predicted molar refractivity (Wildman–Crippen MR) is 83.6 cm³/mol. The van der Waals surface area contributed by atoms with Gasteiger partial charge >= 0.3 is 5.97 Å². The lowest BCUT2D eigenvalue weighted by atomic mass is 10.1. The van der Waals surface area contributed by atoms with Crippen molar-refractivity contribution in [2.24, 2.45) is 0 Å². The Hall–Kier alpha value is -1.53. The number of carboxylic acids is 1. The Morgan fingerprint density at radius 2 is 2.19 bits per heavy atom. The zero-order chi connectivity index (χ0) is 15.6. The lowest BCUT2D eigenvalue weighted by Gasteiger charge is -2.26. The van der Waals surface area contributed by atoms with Crippen LogP contribution in [-0.4, -0.2) is 44.1 Å². The van der Waals surface area contributed by atoms with E-state index >= 15 is 0 Å². The maximum absolute atomic E-state index is 11.5. The van der Waals surface area contributed by atoms with Crippen LogP contribution in [0.5, 0.6) is 0 Å². The molecule has 114 valence electrons. The summed E-state index contributed by atoms with van der Waals surface area (Å²) in [6, 6.07) is 5.19. The molecule has 0 spiro atoms. The van der Waals surface area contributed by atoms with Gasteiger partial charge in [0.25, 0.3) is 0 Å². The van der Waals surface area contributed by atoms with E-state index < -0.39 is 15.8 Å². The fourth-order valence-corrected chi connectivity index (χ4v) is 4.34. The fourth-order valence-electron chi connectivity index (χ4n) is 2.32. The van der Waals surface area contributed by atoms with E-state index in [1.54, 1.807) is 18.2 Å². The van der Waals surface area contributed by atoms with Crippen molar-refractivity contribution >= 4 is 39.2 Å². The summed E-state index contributed by atoms with van der Waals surface area (Å²) in [5, 5.41) is 9.03. The third kappa shape index (κ3) is 3.98. The molecule has 0 saturated carbocycles. The van der Waals surface area contributed by atoms with Gasteiger partial charge in [-0.25, -0.2) is 13.2 Å². The van der Waals surface area contributed by atoms with Crippen LogP contribution in [0.3, 0.4) is 0 Å². The van der Waals surface area contributed by atoms with Crippen molar-refractivity contribution in [2.75, 3.05) is 23.5 Å². The van der Waals surface area contributed by atoms with E-state index in [2.05, 4.69) is 0 Å². The zero-order valence-corrected chi connectivity index (χ0v) is 13.1. The molecule has 1 aliphatic heterocycles. The molecule has 1 saturated heterocycles. The summed E-state index contributed by atoms with van der Waals surface area (Å²) < 4.78 is 23.1. The molecule has 0 bridgehead atoms. The maximum Gasteiger partial charge on any atom is 0.328 e. The summed E-state index contributed by atoms with van der Waals surface area (Å²) in [5.41, 5.74) is 1.42. The number of carboxylic acid groups (broad SMARTS) is 1. The Labute approximate surface area is 128 Å². The van der Waals surface area contributed by atoms with Gasteiger partial charge in [0.05, 0.1) is 11.5 Å². The van der Waals surface area contributed by atoms with Crippen molar-refractivity contribution in [1.29, 1.82) is 0 Å². The first-order valence-electron chi connectivity index (χ1n) is 6.42. The molecule has 0 aromatic heterocycles. The van der Waals surface area contributed by atoms with Gasteiger partial charge in [-0.15, -0.1) is 0 Å². The van der Waals surface area contributed by atoms with Crippen LogP contribution in [0.15, 0.2) is 24.3 Å². The van der Waals surface area contributed by atoms with Crippen molar-refractivity contribution in [3.05, 3.63) is 34.9 Å². The number of nitrogens with zero attached hydrogens (tertiary/aromatic N) is 1. The minimum absolute atomic E-state index is 0.0496. The monoisotopic (exact) mass is 329 g/mol. The van der Waals surface area contributed by atoms with Gasteiger partial charge in [-0.3, -0.25) is 0 Å². The molecule has 7 heteroatoms. The summed E-state index contributed by atoms with van der Waals surface area (Å²) in [4.78, 5) is 12.4. The standard InChI is InChI=1S/C14H16ClNO4S/c1-16(12-6-7-21(19,20)9-12)11-4-2-10(13(15)8-11)3-5-14(17)18/h2-5,8,12H,6-7,9H2,1H3,(H,17,18)/b5-3+. The molecule has 1 aromatic rings. The van der Waals surface area contributed by atoms with Crippen LogP contribution in [0, 0.1) is 0 Å². The number of rotatable bonds is 4. The van der Waals surface area contributed by atoms with Crippen molar-refractivity contribution < 1.29 is 18.3 Å². The number of hydrogen-bond acceptors (Lipinski definition) is 4. The number of benzene rings is 1. The van der Waals surface area contributed by atoms with Crippen molar-refractivity contribution in [2.45, 2.75) is 12.5 Å². The van der Waals surface area contributed by atoms with Crippen molar-refractivity contribution in [1.82, 2.24) is 0 Å². The quantitative estimate of drug-likeness (QED) is 0.856. The normalized spacial score (nSPS) is 20.8. The van der Waals surface area contributed by atoms with Gasteiger partial charge in [0, 0.05) is 29.9 Å². The first-order chi connectivity index (χ1) is 9.78. The van der Waals surface area contributed by atoms with E-state index in [0.29, 0.717) is 17.0 Å². The second kappa shape index (κ2) is 6.07. The van der Waals surface area contributed by atoms with Crippen LogP contribution in [0.25, 0.3) is 6.08 Å². The molecule has 1 aliphatic rings. The molecule has 1 unspecified atom stereocenters. The molecule has 1 fully saturated rings. The van der Waals surface area contributed by atoms with Gasteiger partial charge in [-0.1, -0.05) is 17.7 Å². The lowest BCUT2D eigenvalue weighted by Crippen LogP contribution is -2.32. The maximum atomic E-state index is 11.5. The second-order valence-electron chi connectivity index (χ2n) is 5.05. The van der Waals surface area contributed by atoms with Gasteiger partial charge < -0.3 is 10.0 Å². The predicted octanol–water partition coefficient (Wildman–Crippen LogP) is 2.06. The van der Waals surface area contributed by atoms with Crippen LogP contribution >= 0.6 is 11.6 Å². The number of aliphatic carboxylic acids is 1. The van der Waals surface area contributed by atoms with Crippen molar-refractivity contribution in [3.63, 3.8) is 0 Å². The average Bonchev–Trinajstić information content (AvgIpc) is 2.76. The van der Waals surface area contributed by atoms with E-state index in [1.807, 2.05) is 11.9 Å². The molecule has 1 atom stereocenters. The molecule has 1 heterocycles. The van der Waals surface area contributed by atoms with E-state index in [9.17, 15) is 13.2 Å². The lowest BCUT2D eigenvalue weighted by molar-refractivity contribution is -0.131. The molecule has 5 nitrogen and oxygen atoms in total. The number of carbonyl (C=O) groups is 1. The third-order valence-electron chi connectivity index (χ3n) is 3.55. The summed E-state index contributed by atoms with van der Waals surface area (Å²) >= 11 is 6.13. The molecule has 0 radical (unpaired) electrons. The first-order valence-corrected chi connectivity index (χ1v) is 8.62. The molecule has 0 amide bonds. The van der Waals surface area contributed by atoms with Gasteiger partial charge in [-0.2, -0.15) is 0 Å². The van der Waals surface area contributed by atoms with E-state index in [0.717, 1.165) is 11.8 Å². The molecular formula is C14H16ClNO4S. The summed E-state index contributed by atoms with van der Waals surface area (Å²) in [7, 11) is -1.10. The van der Waals surface area contributed by atoms with Gasteiger partial charge in [0.1, 0.15) is 0 Å². The van der Waals surface area contributed by atoms with Crippen LogP contribution in [0.4, 0.5) is 5.69 Å². The highest BCUT2D eigenvalue weighted by Gasteiger charge is 2.30. The van der Waals surface area contributed by atoms with E-state index in [4.69, 9.17) is 16.7 Å². The van der Waals surface area contributed by atoms with Gasteiger partial charge in [0.15, 0.2) is 9.84 Å². The van der Waals surface area contributed by atoms with E-state index in [1.165, 1.54) is 6.08 Å². The molecule has 1 N–H and O–H groups in total. The highest BCUT2D eigenvalue weighted by Crippen LogP contribution is 2.28. The Bertz CT molecular complexity index is 684. The number of halogens is 1. The Balaban J connectivity index is 2.18. The van der Waals surface area contributed by atoms with E-state index in [-0.39, 0.29) is 17.5 Å². The van der Waals surface area contributed by atoms with Crippen LogP contribution < -0.4 is 4.90 Å². The summed E-state index contributed by atoms with van der Waals surface area (Å²) in [6.07, 6.45) is 3.06. The molecule has 0 aliphatic carbocycles. The largest absolute Gasteiger partial charge is 0.478 e. The third-order valence-corrected chi connectivity index (χ3v) is 5.63. The second-order valence-corrected chi connectivity index (χ2v) is 7.68. The molecular weight excluding hydrogens is 314 g/mol. The Morgan fingerprint density at radius 3 is 2.71 bits per heavy atom. The Morgan fingerprint density at radius 1 is 1.48 bits per heavy atom. The topological polar surface area (TPSA) is 74.7 Å². The first kappa shape index (κ1) is 15.9. The molecule has 21 heavy (non-hydrogen) atoms. The highest BCUT2D eigenvalue weighted by atomic mass is 35.5. The van der Waals surface area contributed by atoms with Gasteiger partial charge in [0.2, 0.25) is 0 Å². The van der Waals surface area contributed by atoms with Gasteiger partial charge in [-0.05, 0) is 30.2 Å². The SMILES string of the molecule is CN(c1ccc(/C=C/C(=O)O)c(Cl)c1)C1CCS(=O)(=O)C1. The Kier molecular flexibility index (Phi) is 4.58.